The molecule has 0 saturated carbocycles. The second-order valence-corrected chi connectivity index (χ2v) is 5.80. The van der Waals surface area contributed by atoms with E-state index < -0.39 is 0 Å². The Hall–Kier alpha value is -3.13. The van der Waals surface area contributed by atoms with E-state index in [9.17, 15) is 4.79 Å². The zero-order chi connectivity index (χ0) is 16.4. The van der Waals surface area contributed by atoms with E-state index in [-0.39, 0.29) is 24.6 Å². The molecule has 0 bridgehead atoms. The van der Waals surface area contributed by atoms with Gasteiger partial charge in [0.1, 0.15) is 0 Å². The molecule has 1 amide bonds. The van der Waals surface area contributed by atoms with Crippen LogP contribution in [-0.2, 0) is 4.79 Å². The molecule has 24 heavy (non-hydrogen) atoms. The Bertz CT molecular complexity index is 902. The number of nitrogens with zero attached hydrogens (tertiary/aromatic N) is 2. The quantitative estimate of drug-likeness (QED) is 0.734. The molecule has 2 aromatic heterocycles. The second kappa shape index (κ2) is 6.17. The first-order chi connectivity index (χ1) is 11.8. The Kier molecular flexibility index (Phi) is 3.72. The van der Waals surface area contributed by atoms with Gasteiger partial charge >= 0.3 is 6.01 Å². The summed E-state index contributed by atoms with van der Waals surface area (Å²) in [7, 11) is 0. The molecule has 0 saturated heterocycles. The van der Waals surface area contributed by atoms with Crippen molar-refractivity contribution in [1.29, 1.82) is 0 Å². The number of amides is 1. The van der Waals surface area contributed by atoms with E-state index in [1.54, 1.807) is 35.6 Å². The number of nitrogens with one attached hydrogen (secondary N) is 1. The summed E-state index contributed by atoms with van der Waals surface area (Å²) in [5, 5.41) is 12.2. The topological polar surface area (TPSA) is 86.5 Å². The highest BCUT2D eigenvalue weighted by atomic mass is 32.1. The van der Waals surface area contributed by atoms with Gasteiger partial charge in [-0.15, -0.1) is 16.4 Å². The van der Waals surface area contributed by atoms with E-state index in [1.807, 2.05) is 17.5 Å². The van der Waals surface area contributed by atoms with E-state index in [2.05, 4.69) is 15.5 Å². The normalized spacial score (nSPS) is 12.7. The van der Waals surface area contributed by atoms with Crippen molar-refractivity contribution in [2.24, 2.45) is 0 Å². The first-order valence-corrected chi connectivity index (χ1v) is 7.92. The number of fused-ring (bicyclic) bond motifs is 1. The van der Waals surface area contributed by atoms with E-state index in [0.29, 0.717) is 17.1 Å². The molecule has 1 aliphatic rings. The minimum absolute atomic E-state index is 0.0310. The molecular weight excluding hydrogens is 330 g/mol. The van der Waals surface area contributed by atoms with Crippen molar-refractivity contribution in [1.82, 2.24) is 10.2 Å². The molecule has 1 aromatic carbocycles. The van der Waals surface area contributed by atoms with Gasteiger partial charge in [0.25, 0.3) is 5.91 Å². The SMILES string of the molecule is O=C(C=Cc1cccs1)Nc1nnc(-c2ccc3c(c2)OCO3)o1. The lowest BCUT2D eigenvalue weighted by Gasteiger charge is -1.98. The van der Waals surface area contributed by atoms with Gasteiger partial charge < -0.3 is 13.9 Å². The average molecular weight is 341 g/mol. The van der Waals surface area contributed by atoms with Gasteiger partial charge in [-0.05, 0) is 35.7 Å². The number of hydrogen-bond acceptors (Lipinski definition) is 7. The largest absolute Gasteiger partial charge is 0.454 e. The molecule has 0 unspecified atom stereocenters. The number of thiophene rings is 1. The molecular formula is C16H11N3O4S. The molecule has 0 atom stereocenters. The highest BCUT2D eigenvalue weighted by Crippen LogP contribution is 2.35. The Labute approximate surface area is 140 Å². The third-order valence-electron chi connectivity index (χ3n) is 3.22. The van der Waals surface area contributed by atoms with Crippen LogP contribution in [0.4, 0.5) is 6.01 Å². The van der Waals surface area contributed by atoms with Crippen LogP contribution in [0.1, 0.15) is 4.88 Å². The van der Waals surface area contributed by atoms with Crippen LogP contribution in [0.25, 0.3) is 17.5 Å². The monoisotopic (exact) mass is 341 g/mol. The van der Waals surface area contributed by atoms with Gasteiger partial charge in [-0.25, -0.2) is 0 Å². The maximum atomic E-state index is 11.8. The van der Waals surface area contributed by atoms with Crippen LogP contribution in [0.3, 0.4) is 0 Å². The van der Waals surface area contributed by atoms with Gasteiger partial charge in [-0.1, -0.05) is 11.2 Å². The molecule has 120 valence electrons. The van der Waals surface area contributed by atoms with E-state index in [4.69, 9.17) is 13.9 Å². The molecule has 0 radical (unpaired) electrons. The maximum Gasteiger partial charge on any atom is 0.322 e. The van der Waals surface area contributed by atoms with Gasteiger partial charge in [0.15, 0.2) is 11.5 Å². The third kappa shape index (κ3) is 2.99. The third-order valence-corrected chi connectivity index (χ3v) is 4.05. The Balaban J connectivity index is 1.46. The number of carbonyl (C=O) groups is 1. The minimum atomic E-state index is -0.343. The van der Waals surface area contributed by atoms with Gasteiger partial charge in [0, 0.05) is 16.5 Å². The number of ether oxygens (including phenoxy) is 2. The van der Waals surface area contributed by atoms with Crippen molar-refractivity contribution >= 4 is 29.3 Å². The van der Waals surface area contributed by atoms with Gasteiger partial charge in [0.05, 0.1) is 0 Å². The summed E-state index contributed by atoms with van der Waals surface area (Å²) in [6, 6.07) is 9.16. The number of hydrogen-bond donors (Lipinski definition) is 1. The van der Waals surface area contributed by atoms with Crippen molar-refractivity contribution in [3.05, 3.63) is 46.7 Å². The predicted molar refractivity (Wildman–Crippen MR) is 87.8 cm³/mol. The molecule has 0 aliphatic carbocycles. The average Bonchev–Trinajstić information content (AvgIpc) is 3.33. The summed E-state index contributed by atoms with van der Waals surface area (Å²) >= 11 is 1.54. The van der Waals surface area contributed by atoms with Crippen LogP contribution < -0.4 is 14.8 Å². The number of aromatic nitrogens is 2. The van der Waals surface area contributed by atoms with E-state index in [1.165, 1.54) is 6.08 Å². The van der Waals surface area contributed by atoms with Crippen LogP contribution in [-0.4, -0.2) is 22.9 Å². The smallest absolute Gasteiger partial charge is 0.322 e. The fourth-order valence-electron chi connectivity index (χ4n) is 2.11. The van der Waals surface area contributed by atoms with Crippen LogP contribution in [0.15, 0.2) is 46.2 Å². The van der Waals surface area contributed by atoms with Crippen LogP contribution in [0.2, 0.25) is 0 Å². The summed E-state index contributed by atoms with van der Waals surface area (Å²) < 4.78 is 16.0. The summed E-state index contributed by atoms with van der Waals surface area (Å²) in [5.41, 5.74) is 0.682. The lowest BCUT2D eigenvalue weighted by molar-refractivity contribution is -0.112. The molecule has 3 aromatic rings. The zero-order valence-electron chi connectivity index (χ0n) is 12.3. The van der Waals surface area contributed by atoms with Crippen molar-refractivity contribution in [2.75, 3.05) is 12.1 Å². The van der Waals surface area contributed by atoms with Crippen LogP contribution >= 0.6 is 11.3 Å². The molecule has 4 rings (SSSR count). The molecule has 3 heterocycles. The predicted octanol–water partition coefficient (Wildman–Crippen LogP) is 3.18. The highest BCUT2D eigenvalue weighted by molar-refractivity contribution is 7.10. The van der Waals surface area contributed by atoms with E-state index >= 15 is 0 Å². The molecule has 0 spiro atoms. The Morgan fingerprint density at radius 3 is 3.00 bits per heavy atom. The molecule has 0 fully saturated rings. The number of carbonyl (C=O) groups excluding carboxylic acids is 1. The van der Waals surface area contributed by atoms with Crippen molar-refractivity contribution in [3.63, 3.8) is 0 Å². The van der Waals surface area contributed by atoms with Crippen molar-refractivity contribution < 1.29 is 18.7 Å². The number of rotatable bonds is 4. The fraction of sp³-hybridized carbons (Fsp3) is 0.0625. The van der Waals surface area contributed by atoms with Crippen molar-refractivity contribution in [3.8, 4) is 23.0 Å². The van der Waals surface area contributed by atoms with E-state index in [0.717, 1.165) is 4.88 Å². The number of anilines is 1. The maximum absolute atomic E-state index is 11.8. The number of benzene rings is 1. The van der Waals surface area contributed by atoms with Crippen LogP contribution in [0.5, 0.6) is 11.5 Å². The lowest BCUT2D eigenvalue weighted by atomic mass is 10.2. The van der Waals surface area contributed by atoms with Gasteiger partial charge in [0.2, 0.25) is 12.7 Å². The Morgan fingerprint density at radius 2 is 2.12 bits per heavy atom. The minimum Gasteiger partial charge on any atom is -0.454 e. The second-order valence-electron chi connectivity index (χ2n) is 4.82. The van der Waals surface area contributed by atoms with Gasteiger partial charge in [-0.2, -0.15) is 0 Å². The molecule has 8 heteroatoms. The Morgan fingerprint density at radius 1 is 1.21 bits per heavy atom. The first kappa shape index (κ1) is 14.5. The molecule has 1 aliphatic heterocycles. The summed E-state index contributed by atoms with van der Waals surface area (Å²) in [4.78, 5) is 12.8. The highest BCUT2D eigenvalue weighted by Gasteiger charge is 2.17. The summed E-state index contributed by atoms with van der Waals surface area (Å²) in [5.74, 6) is 1.23. The standard InChI is InChI=1S/C16H11N3O4S/c20-14(6-4-11-2-1-7-24-11)17-16-19-18-15(23-16)10-3-5-12-13(8-10)22-9-21-12/h1-8H,9H2,(H,17,19,20). The summed E-state index contributed by atoms with van der Waals surface area (Å²) in [6.07, 6.45) is 3.13. The van der Waals surface area contributed by atoms with Crippen LogP contribution in [0, 0.1) is 0 Å². The zero-order valence-corrected chi connectivity index (χ0v) is 13.1. The van der Waals surface area contributed by atoms with Gasteiger partial charge in [-0.3, -0.25) is 10.1 Å². The summed E-state index contributed by atoms with van der Waals surface area (Å²) in [6.45, 7) is 0.195. The lowest BCUT2D eigenvalue weighted by Crippen LogP contribution is -2.07. The fourth-order valence-corrected chi connectivity index (χ4v) is 2.73. The molecule has 1 N–H and O–H groups in total. The van der Waals surface area contributed by atoms with Crippen molar-refractivity contribution in [2.45, 2.75) is 0 Å². The molecule has 7 nitrogen and oxygen atoms in total. The first-order valence-electron chi connectivity index (χ1n) is 7.04.